The van der Waals surface area contributed by atoms with Crippen molar-refractivity contribution in [3.05, 3.63) is 71.3 Å². The minimum Gasteiger partial charge on any atom is -0.456 e. The number of aromatic nitrogens is 1. The second-order valence-corrected chi connectivity index (χ2v) is 7.15. The van der Waals surface area contributed by atoms with Gasteiger partial charge in [0.2, 0.25) is 0 Å². The van der Waals surface area contributed by atoms with Gasteiger partial charge in [-0.05, 0) is 53.7 Å². The first kappa shape index (κ1) is 15.8. The topological polar surface area (TPSA) is 72.2 Å². The lowest BCUT2D eigenvalue weighted by atomic mass is 10.0. The monoisotopic (exact) mass is 372 g/mol. The Morgan fingerprint density at radius 1 is 1.04 bits per heavy atom. The maximum absolute atomic E-state index is 11.8. The largest absolute Gasteiger partial charge is 0.456 e. The summed E-state index contributed by atoms with van der Waals surface area (Å²) in [6, 6.07) is 17.5. The number of hydrogen-bond donors (Lipinski definition) is 1. The molecule has 2 amide bonds. The zero-order valence-corrected chi connectivity index (χ0v) is 14.7. The minimum absolute atomic E-state index is 0.350. The molecule has 0 atom stereocenters. The van der Waals surface area contributed by atoms with E-state index >= 15 is 0 Å². The highest BCUT2D eigenvalue weighted by Gasteiger charge is 2.25. The van der Waals surface area contributed by atoms with Gasteiger partial charge in [0.25, 0.3) is 11.1 Å². The molecule has 27 heavy (non-hydrogen) atoms. The SMILES string of the molecule is O=C1NC(=O)/C(=C/c2ccc3nccc(-c4cc5ccccc5o4)c3c2)S1. The van der Waals surface area contributed by atoms with Crippen LogP contribution in [0.25, 0.3) is 39.3 Å². The van der Waals surface area contributed by atoms with Crippen molar-refractivity contribution in [2.45, 2.75) is 0 Å². The van der Waals surface area contributed by atoms with Crippen molar-refractivity contribution in [2.24, 2.45) is 0 Å². The Hall–Kier alpha value is -3.38. The smallest absolute Gasteiger partial charge is 0.290 e. The molecule has 0 spiro atoms. The van der Waals surface area contributed by atoms with E-state index < -0.39 is 0 Å². The number of carbonyl (C=O) groups excluding carboxylic acids is 2. The number of pyridine rings is 1. The highest BCUT2D eigenvalue weighted by Crippen LogP contribution is 2.33. The lowest BCUT2D eigenvalue weighted by molar-refractivity contribution is -0.115. The summed E-state index contributed by atoms with van der Waals surface area (Å²) in [5.41, 5.74) is 3.40. The molecule has 5 nitrogen and oxygen atoms in total. The average molecular weight is 372 g/mol. The third-order valence-corrected chi connectivity index (χ3v) is 5.21. The van der Waals surface area contributed by atoms with Gasteiger partial charge >= 0.3 is 0 Å². The number of rotatable bonds is 2. The van der Waals surface area contributed by atoms with Crippen LogP contribution in [0.5, 0.6) is 0 Å². The van der Waals surface area contributed by atoms with Gasteiger partial charge < -0.3 is 4.42 Å². The van der Waals surface area contributed by atoms with Crippen LogP contribution < -0.4 is 5.32 Å². The van der Waals surface area contributed by atoms with E-state index in [4.69, 9.17) is 4.42 Å². The van der Waals surface area contributed by atoms with Crippen molar-refractivity contribution in [2.75, 3.05) is 0 Å². The molecule has 0 bridgehead atoms. The summed E-state index contributed by atoms with van der Waals surface area (Å²) in [6.07, 6.45) is 3.46. The van der Waals surface area contributed by atoms with Crippen LogP contribution in [-0.4, -0.2) is 16.1 Å². The quantitative estimate of drug-likeness (QED) is 0.503. The molecule has 5 rings (SSSR count). The van der Waals surface area contributed by atoms with Crippen LogP contribution in [0.1, 0.15) is 5.56 Å². The van der Waals surface area contributed by atoms with Gasteiger partial charge in [-0.25, -0.2) is 0 Å². The summed E-state index contributed by atoms with van der Waals surface area (Å²) in [4.78, 5) is 28.0. The van der Waals surface area contributed by atoms with Crippen LogP contribution in [0.3, 0.4) is 0 Å². The predicted octanol–water partition coefficient (Wildman–Crippen LogP) is 4.97. The number of carbonyl (C=O) groups is 2. The van der Waals surface area contributed by atoms with Gasteiger partial charge in [-0.3, -0.25) is 19.9 Å². The van der Waals surface area contributed by atoms with Gasteiger partial charge in [-0.1, -0.05) is 24.3 Å². The van der Waals surface area contributed by atoms with E-state index in [-0.39, 0.29) is 11.1 Å². The molecule has 0 saturated carbocycles. The molecule has 1 aliphatic heterocycles. The normalized spacial score (nSPS) is 15.8. The van der Waals surface area contributed by atoms with Crippen molar-refractivity contribution in [3.63, 3.8) is 0 Å². The summed E-state index contributed by atoms with van der Waals surface area (Å²) in [7, 11) is 0. The Balaban J connectivity index is 1.66. The van der Waals surface area contributed by atoms with E-state index in [2.05, 4.69) is 10.3 Å². The fourth-order valence-corrected chi connectivity index (χ4v) is 3.84. The van der Waals surface area contributed by atoms with Gasteiger partial charge in [-0.2, -0.15) is 0 Å². The Morgan fingerprint density at radius 2 is 1.93 bits per heavy atom. The number of fused-ring (bicyclic) bond motifs is 2. The third-order valence-electron chi connectivity index (χ3n) is 4.40. The molecule has 4 aromatic rings. The lowest BCUT2D eigenvalue weighted by Crippen LogP contribution is -2.17. The molecular weight excluding hydrogens is 360 g/mol. The number of imide groups is 1. The molecule has 0 radical (unpaired) electrons. The van der Waals surface area contributed by atoms with E-state index in [1.165, 1.54) is 0 Å². The first-order chi connectivity index (χ1) is 13.2. The van der Waals surface area contributed by atoms with Gasteiger partial charge in [0, 0.05) is 22.5 Å². The summed E-state index contributed by atoms with van der Waals surface area (Å²) < 4.78 is 6.01. The molecule has 1 saturated heterocycles. The molecule has 1 aliphatic rings. The predicted molar refractivity (Wildman–Crippen MR) is 106 cm³/mol. The number of para-hydroxylation sites is 1. The van der Waals surface area contributed by atoms with Crippen LogP contribution >= 0.6 is 11.8 Å². The zero-order chi connectivity index (χ0) is 18.4. The summed E-state index contributed by atoms with van der Waals surface area (Å²) in [5.74, 6) is 0.394. The summed E-state index contributed by atoms with van der Waals surface area (Å²) in [6.45, 7) is 0. The number of nitrogens with one attached hydrogen (secondary N) is 1. The second kappa shape index (κ2) is 6.10. The second-order valence-electron chi connectivity index (χ2n) is 6.14. The molecule has 6 heteroatoms. The Bertz CT molecular complexity index is 1240. The summed E-state index contributed by atoms with van der Waals surface area (Å²) >= 11 is 0.905. The minimum atomic E-state index is -0.367. The highest BCUT2D eigenvalue weighted by molar-refractivity contribution is 8.18. The third kappa shape index (κ3) is 2.80. The number of hydrogen-bond acceptors (Lipinski definition) is 5. The molecular formula is C21H12N2O3S. The van der Waals surface area contributed by atoms with Crippen molar-refractivity contribution in [3.8, 4) is 11.3 Å². The van der Waals surface area contributed by atoms with Crippen molar-refractivity contribution < 1.29 is 14.0 Å². The van der Waals surface area contributed by atoms with Gasteiger partial charge in [0.15, 0.2) is 0 Å². The van der Waals surface area contributed by atoms with E-state index in [1.54, 1.807) is 12.3 Å². The number of amides is 2. The van der Waals surface area contributed by atoms with Crippen molar-refractivity contribution in [1.82, 2.24) is 10.3 Å². The average Bonchev–Trinajstić information content (AvgIpc) is 3.23. The van der Waals surface area contributed by atoms with Crippen LogP contribution in [-0.2, 0) is 4.79 Å². The van der Waals surface area contributed by atoms with Crippen molar-refractivity contribution >= 4 is 50.9 Å². The molecule has 1 fully saturated rings. The zero-order valence-electron chi connectivity index (χ0n) is 13.9. The maximum Gasteiger partial charge on any atom is 0.290 e. The fourth-order valence-electron chi connectivity index (χ4n) is 3.16. The van der Waals surface area contributed by atoms with Crippen LogP contribution in [0, 0.1) is 0 Å². The Kier molecular flexibility index (Phi) is 3.58. The Morgan fingerprint density at radius 3 is 2.74 bits per heavy atom. The molecule has 0 unspecified atom stereocenters. The number of benzene rings is 2. The van der Waals surface area contributed by atoms with E-state index in [0.29, 0.717) is 4.91 Å². The van der Waals surface area contributed by atoms with Gasteiger partial charge in [-0.15, -0.1) is 0 Å². The standard InChI is InChI=1S/C21H12N2O3S/c24-20-19(27-21(25)23-20)10-12-5-6-16-15(9-12)14(7-8-22-16)18-11-13-3-1-2-4-17(13)26-18/h1-11H,(H,23,24,25)/b19-10-. The number of furan rings is 1. The van der Waals surface area contributed by atoms with Crippen LogP contribution in [0.15, 0.2) is 70.1 Å². The molecule has 3 heterocycles. The molecule has 1 N–H and O–H groups in total. The van der Waals surface area contributed by atoms with Crippen molar-refractivity contribution in [1.29, 1.82) is 0 Å². The first-order valence-electron chi connectivity index (χ1n) is 8.30. The molecule has 0 aliphatic carbocycles. The van der Waals surface area contributed by atoms with Gasteiger partial charge in [0.05, 0.1) is 10.4 Å². The highest BCUT2D eigenvalue weighted by atomic mass is 32.2. The van der Waals surface area contributed by atoms with Gasteiger partial charge in [0.1, 0.15) is 11.3 Å². The number of thioether (sulfide) groups is 1. The van der Waals surface area contributed by atoms with E-state index in [0.717, 1.165) is 50.5 Å². The Labute approximate surface area is 158 Å². The lowest BCUT2D eigenvalue weighted by Gasteiger charge is -2.05. The van der Waals surface area contributed by atoms with Crippen LogP contribution in [0.4, 0.5) is 4.79 Å². The van der Waals surface area contributed by atoms with E-state index in [9.17, 15) is 9.59 Å². The molecule has 130 valence electrons. The van der Waals surface area contributed by atoms with E-state index in [1.807, 2.05) is 54.6 Å². The summed E-state index contributed by atoms with van der Waals surface area (Å²) in [5, 5.41) is 3.87. The maximum atomic E-state index is 11.8. The van der Waals surface area contributed by atoms with Crippen LogP contribution in [0.2, 0.25) is 0 Å². The molecule has 2 aromatic carbocycles. The fraction of sp³-hybridized carbons (Fsp3) is 0. The first-order valence-corrected chi connectivity index (χ1v) is 9.12. The number of nitrogens with zero attached hydrogens (tertiary/aromatic N) is 1. The molecule has 2 aromatic heterocycles.